The van der Waals surface area contributed by atoms with Crippen LogP contribution in [0.1, 0.15) is 49.4 Å². The number of benzene rings is 2. The first kappa shape index (κ1) is 32.4. The predicted octanol–water partition coefficient (Wildman–Crippen LogP) is 6.85. The molecular formula is C32H31FN4O5S2. The summed E-state index contributed by atoms with van der Waals surface area (Å²) in [6.07, 6.45) is 1.83. The Morgan fingerprint density at radius 2 is 1.80 bits per heavy atom. The van der Waals surface area contributed by atoms with Gasteiger partial charge in [-0.25, -0.2) is 4.39 Å². The average molecular weight is 635 g/mol. The monoisotopic (exact) mass is 634 g/mol. The Kier molecular flexibility index (Phi) is 10.2. The smallest absolute Gasteiger partial charge is 0.315 e. The third kappa shape index (κ3) is 8.29. The number of aromatic nitrogens is 1. The minimum Gasteiger partial charge on any atom is -0.459 e. The second kappa shape index (κ2) is 13.8. The first-order valence-corrected chi connectivity index (χ1v) is 14.9. The molecule has 3 N–H and O–H groups in total. The molecule has 4 rings (SSSR count). The van der Waals surface area contributed by atoms with E-state index in [9.17, 15) is 14.4 Å². The molecule has 0 fully saturated rings. The summed E-state index contributed by atoms with van der Waals surface area (Å²) in [5.41, 5.74) is 0.424. The highest BCUT2D eigenvalue weighted by Crippen LogP contribution is 2.36. The number of nitrogens with zero attached hydrogens (tertiary/aromatic N) is 1. The molecule has 2 aromatic carbocycles. The number of ether oxygens (including phenoxy) is 2. The first-order valence-electron chi connectivity index (χ1n) is 13.7. The normalized spacial score (nSPS) is 11.8. The van der Waals surface area contributed by atoms with E-state index in [1.54, 1.807) is 33.8 Å². The Bertz CT molecular complexity index is 1730. The number of hydrogen-bond acceptors (Lipinski definition) is 9. The molecule has 0 aliphatic carbocycles. The van der Waals surface area contributed by atoms with E-state index in [0.717, 1.165) is 16.9 Å². The van der Waals surface area contributed by atoms with E-state index in [0.29, 0.717) is 15.9 Å². The maximum atomic E-state index is 15.1. The minimum atomic E-state index is -1.01. The van der Waals surface area contributed by atoms with Crippen LogP contribution in [-0.2, 0) is 20.7 Å². The SMILES string of the molecule is CC[C@@H](C(=N)C(=O)c1cc2nccc(Oc3ccc(NC(=S)NC(=O)Cc4ccccc4)cc3F)c2s1)C(=O)OC(C)(C)C. The van der Waals surface area contributed by atoms with E-state index in [2.05, 4.69) is 15.6 Å². The van der Waals surface area contributed by atoms with Gasteiger partial charge in [0, 0.05) is 24.0 Å². The largest absolute Gasteiger partial charge is 0.459 e. The average Bonchev–Trinajstić information content (AvgIpc) is 3.39. The van der Waals surface area contributed by atoms with Crippen LogP contribution >= 0.6 is 23.6 Å². The van der Waals surface area contributed by atoms with Gasteiger partial charge in [0.25, 0.3) is 0 Å². The lowest BCUT2D eigenvalue weighted by molar-refractivity contribution is -0.157. The standard InChI is InChI=1S/C32H31FN4O5S2/c1-5-20(30(40)42-32(2,3)4)27(34)28(39)25-17-22-29(44-25)24(13-14-35-22)41-23-12-11-19(16-21(23)33)36-31(43)37-26(38)15-18-9-7-6-8-10-18/h6-14,16-17,20,34H,5,15H2,1-4H3,(H2,36,37,38,43)/t20-/m0/s1. The van der Waals surface area contributed by atoms with Gasteiger partial charge in [-0.15, -0.1) is 11.3 Å². The van der Waals surface area contributed by atoms with Gasteiger partial charge in [-0.05, 0) is 63.2 Å². The molecule has 0 aliphatic rings. The Morgan fingerprint density at radius 3 is 2.45 bits per heavy atom. The second-order valence-corrected chi connectivity index (χ2v) is 12.2. The maximum Gasteiger partial charge on any atom is 0.315 e. The molecule has 0 radical (unpaired) electrons. The van der Waals surface area contributed by atoms with Crippen molar-refractivity contribution in [3.63, 3.8) is 0 Å². The van der Waals surface area contributed by atoms with Crippen LogP contribution in [0.2, 0.25) is 0 Å². The van der Waals surface area contributed by atoms with Crippen molar-refractivity contribution in [2.45, 2.75) is 46.1 Å². The van der Waals surface area contributed by atoms with Crippen LogP contribution in [0.25, 0.3) is 10.2 Å². The number of thiophene rings is 1. The minimum absolute atomic E-state index is 0.0215. The lowest BCUT2D eigenvalue weighted by Gasteiger charge is -2.23. The zero-order valence-electron chi connectivity index (χ0n) is 24.5. The lowest BCUT2D eigenvalue weighted by Crippen LogP contribution is -2.35. The Morgan fingerprint density at radius 1 is 1.07 bits per heavy atom. The highest BCUT2D eigenvalue weighted by molar-refractivity contribution is 7.80. The van der Waals surface area contributed by atoms with Crippen LogP contribution in [0, 0.1) is 17.1 Å². The number of amides is 1. The van der Waals surface area contributed by atoms with Crippen molar-refractivity contribution in [2.24, 2.45) is 5.92 Å². The molecule has 9 nitrogen and oxygen atoms in total. The highest BCUT2D eigenvalue weighted by Gasteiger charge is 2.32. The van der Waals surface area contributed by atoms with Crippen molar-refractivity contribution < 1.29 is 28.2 Å². The van der Waals surface area contributed by atoms with E-state index in [4.69, 9.17) is 27.1 Å². The van der Waals surface area contributed by atoms with Crippen molar-refractivity contribution in [2.75, 3.05) is 5.32 Å². The quantitative estimate of drug-likeness (QED) is 0.0747. The molecule has 228 valence electrons. The Balaban J connectivity index is 1.44. The molecule has 2 heterocycles. The fourth-order valence-corrected chi connectivity index (χ4v) is 5.41. The van der Waals surface area contributed by atoms with Gasteiger partial charge < -0.3 is 25.5 Å². The van der Waals surface area contributed by atoms with Gasteiger partial charge >= 0.3 is 5.97 Å². The van der Waals surface area contributed by atoms with Gasteiger partial charge in [-0.1, -0.05) is 37.3 Å². The van der Waals surface area contributed by atoms with Gasteiger partial charge in [0.1, 0.15) is 17.3 Å². The zero-order chi connectivity index (χ0) is 32.0. The molecule has 0 aliphatic heterocycles. The summed E-state index contributed by atoms with van der Waals surface area (Å²) in [6.45, 7) is 6.87. The predicted molar refractivity (Wildman–Crippen MR) is 172 cm³/mol. The zero-order valence-corrected chi connectivity index (χ0v) is 26.2. The van der Waals surface area contributed by atoms with Crippen molar-refractivity contribution in [1.82, 2.24) is 10.3 Å². The number of nitrogens with one attached hydrogen (secondary N) is 3. The molecule has 2 aromatic heterocycles. The van der Waals surface area contributed by atoms with Gasteiger partial charge in [-0.2, -0.15) is 0 Å². The summed E-state index contributed by atoms with van der Waals surface area (Å²) in [5.74, 6) is -3.11. The van der Waals surface area contributed by atoms with Crippen molar-refractivity contribution in [1.29, 1.82) is 5.41 Å². The van der Waals surface area contributed by atoms with Crippen molar-refractivity contribution >= 4 is 67.9 Å². The molecule has 0 bridgehead atoms. The lowest BCUT2D eigenvalue weighted by atomic mass is 9.96. The van der Waals surface area contributed by atoms with E-state index in [-0.39, 0.29) is 45.9 Å². The third-order valence-electron chi connectivity index (χ3n) is 6.16. The summed E-state index contributed by atoms with van der Waals surface area (Å²) in [7, 11) is 0. The van der Waals surface area contributed by atoms with Crippen LogP contribution < -0.4 is 15.4 Å². The molecule has 0 unspecified atom stereocenters. The number of carbonyl (C=O) groups is 3. The number of pyridine rings is 1. The number of carbonyl (C=O) groups excluding carboxylic acids is 3. The number of Topliss-reactive ketones (excluding diaryl/α,β-unsaturated/α-hetero) is 1. The molecule has 0 saturated heterocycles. The van der Waals surface area contributed by atoms with Crippen LogP contribution in [0.15, 0.2) is 66.9 Å². The van der Waals surface area contributed by atoms with E-state index >= 15 is 4.39 Å². The topological polar surface area (TPSA) is 130 Å². The molecule has 12 heteroatoms. The maximum absolute atomic E-state index is 15.1. The molecule has 44 heavy (non-hydrogen) atoms. The molecule has 0 spiro atoms. The number of hydrogen-bond donors (Lipinski definition) is 3. The number of fused-ring (bicyclic) bond motifs is 1. The van der Waals surface area contributed by atoms with Gasteiger partial charge in [0.05, 0.1) is 27.2 Å². The van der Waals surface area contributed by atoms with Crippen molar-refractivity contribution in [3.8, 4) is 11.5 Å². The van der Waals surface area contributed by atoms with Crippen LogP contribution in [0.4, 0.5) is 10.1 Å². The number of thiocarbonyl (C=S) groups is 1. The highest BCUT2D eigenvalue weighted by atomic mass is 32.1. The number of anilines is 1. The Labute approximate surface area is 263 Å². The summed E-state index contributed by atoms with van der Waals surface area (Å²) >= 11 is 6.23. The molecule has 1 amide bonds. The summed E-state index contributed by atoms with van der Waals surface area (Å²) < 4.78 is 26.8. The van der Waals surface area contributed by atoms with Crippen LogP contribution in [0.3, 0.4) is 0 Å². The van der Waals surface area contributed by atoms with Gasteiger partial charge in [-0.3, -0.25) is 19.4 Å². The van der Waals surface area contributed by atoms with E-state index in [1.165, 1.54) is 30.5 Å². The van der Waals surface area contributed by atoms with Crippen molar-refractivity contribution in [3.05, 3.63) is 83.1 Å². The Hall–Kier alpha value is -4.55. The van der Waals surface area contributed by atoms with Gasteiger partial charge in [0.2, 0.25) is 11.7 Å². The summed E-state index contributed by atoms with van der Waals surface area (Å²) in [4.78, 5) is 42.5. The number of halogens is 1. The second-order valence-electron chi connectivity index (χ2n) is 10.8. The van der Waals surface area contributed by atoms with Gasteiger partial charge in [0.15, 0.2) is 16.7 Å². The molecular weight excluding hydrogens is 604 g/mol. The fraction of sp³-hybridized carbons (Fsp3) is 0.250. The third-order valence-corrected chi connectivity index (χ3v) is 7.50. The molecule has 4 aromatic rings. The van der Waals surface area contributed by atoms with E-state index < -0.39 is 29.1 Å². The number of ketones is 1. The fourth-order valence-electron chi connectivity index (χ4n) is 4.15. The summed E-state index contributed by atoms with van der Waals surface area (Å²) in [6, 6.07) is 16.4. The number of esters is 1. The number of rotatable bonds is 10. The molecule has 1 atom stereocenters. The molecule has 0 saturated carbocycles. The van der Waals surface area contributed by atoms with E-state index in [1.807, 2.05) is 30.3 Å². The summed E-state index contributed by atoms with van der Waals surface area (Å²) in [5, 5.41) is 13.8. The van der Waals surface area contributed by atoms with Crippen LogP contribution in [-0.4, -0.2) is 39.1 Å². The first-order chi connectivity index (χ1) is 20.8. The van der Waals surface area contributed by atoms with Crippen LogP contribution in [0.5, 0.6) is 11.5 Å².